The molecule has 19 heavy (non-hydrogen) atoms. The van der Waals surface area contributed by atoms with Gasteiger partial charge in [-0.3, -0.25) is 0 Å². The number of benzene rings is 1. The average molecular weight is 300 g/mol. The normalized spacial score (nSPS) is 16.2. The van der Waals surface area contributed by atoms with Gasteiger partial charge in [0.05, 0.1) is 15.2 Å². The molecule has 1 aromatic carbocycles. The van der Waals surface area contributed by atoms with Gasteiger partial charge >= 0.3 is 0 Å². The second-order valence-electron chi connectivity index (χ2n) is 6.17. The van der Waals surface area contributed by atoms with E-state index < -0.39 is 8.07 Å². The molecule has 0 radical (unpaired) electrons. The van der Waals surface area contributed by atoms with Crippen molar-refractivity contribution in [2.75, 3.05) is 26.4 Å². The van der Waals surface area contributed by atoms with Crippen molar-refractivity contribution in [3.8, 4) is 5.75 Å². The molecule has 0 saturated carbocycles. The van der Waals surface area contributed by atoms with Gasteiger partial charge in [-0.2, -0.15) is 0 Å². The van der Waals surface area contributed by atoms with E-state index in [1.54, 1.807) is 7.11 Å². The summed E-state index contributed by atoms with van der Waals surface area (Å²) >= 11 is 0. The highest BCUT2D eigenvalue weighted by Gasteiger charge is 2.26. The van der Waals surface area contributed by atoms with Crippen LogP contribution in [0.1, 0.15) is 18.4 Å². The van der Waals surface area contributed by atoms with Crippen LogP contribution in [0.2, 0.25) is 13.1 Å². The zero-order chi connectivity index (χ0) is 13.0. The van der Waals surface area contributed by atoms with E-state index in [0.29, 0.717) is 0 Å². The maximum Gasteiger partial charge on any atom is 0.118 e. The van der Waals surface area contributed by atoms with Crippen molar-refractivity contribution >= 4 is 20.5 Å². The second-order valence-corrected chi connectivity index (χ2v) is 11.2. The van der Waals surface area contributed by atoms with Crippen LogP contribution < -0.4 is 4.74 Å². The van der Waals surface area contributed by atoms with E-state index in [-0.39, 0.29) is 12.4 Å². The molecule has 1 aromatic rings. The molecule has 0 aliphatic carbocycles. The summed E-state index contributed by atoms with van der Waals surface area (Å²) in [4.78, 5) is 2.66. The molecule has 0 bridgehead atoms. The van der Waals surface area contributed by atoms with Gasteiger partial charge in [0, 0.05) is 0 Å². The standard InChI is InChI=1S/C15H25NOSi.ClH/c1-17-15-8-6-14(7-9-15)12-18(2,3)13-16-10-4-5-11-16;/h6-9H,4-5,10-13H2,1-3H3;1H. The van der Waals surface area contributed by atoms with Crippen LogP contribution in [-0.2, 0) is 6.04 Å². The quantitative estimate of drug-likeness (QED) is 0.771. The average Bonchev–Trinajstić information content (AvgIpc) is 2.81. The van der Waals surface area contributed by atoms with Crippen molar-refractivity contribution in [1.29, 1.82) is 0 Å². The van der Waals surface area contributed by atoms with E-state index in [2.05, 4.69) is 42.3 Å². The third-order valence-electron chi connectivity index (χ3n) is 3.69. The molecule has 0 spiro atoms. The van der Waals surface area contributed by atoms with Crippen molar-refractivity contribution in [3.63, 3.8) is 0 Å². The minimum atomic E-state index is -1.15. The van der Waals surface area contributed by atoms with Crippen LogP contribution in [0.25, 0.3) is 0 Å². The molecule has 0 atom stereocenters. The molecule has 1 fully saturated rings. The number of hydrogen-bond donors (Lipinski definition) is 0. The van der Waals surface area contributed by atoms with E-state index >= 15 is 0 Å². The van der Waals surface area contributed by atoms with Crippen LogP contribution in [-0.4, -0.2) is 39.3 Å². The maximum absolute atomic E-state index is 5.21. The summed E-state index contributed by atoms with van der Waals surface area (Å²) in [6.45, 7) is 7.66. The lowest BCUT2D eigenvalue weighted by molar-refractivity contribution is 0.388. The summed E-state index contributed by atoms with van der Waals surface area (Å²) in [5.74, 6) is 0.956. The zero-order valence-corrected chi connectivity index (χ0v) is 14.1. The van der Waals surface area contributed by atoms with Crippen molar-refractivity contribution in [2.24, 2.45) is 0 Å². The lowest BCUT2D eigenvalue weighted by Crippen LogP contribution is -2.43. The van der Waals surface area contributed by atoms with Gasteiger partial charge in [0.1, 0.15) is 5.75 Å². The number of nitrogens with zero attached hydrogens (tertiary/aromatic N) is 1. The molecule has 0 N–H and O–H groups in total. The van der Waals surface area contributed by atoms with Gasteiger partial charge in [-0.25, -0.2) is 0 Å². The Labute approximate surface area is 124 Å². The summed E-state index contributed by atoms with van der Waals surface area (Å²) in [7, 11) is 0.572. The molecule has 108 valence electrons. The Morgan fingerprint density at radius 2 is 1.68 bits per heavy atom. The highest BCUT2D eigenvalue weighted by Crippen LogP contribution is 2.19. The number of methoxy groups -OCH3 is 1. The molecular formula is C15H26ClNOSi. The summed E-state index contributed by atoms with van der Waals surface area (Å²) < 4.78 is 5.21. The number of likely N-dealkylation sites (tertiary alicyclic amines) is 1. The van der Waals surface area contributed by atoms with Gasteiger partial charge in [-0.1, -0.05) is 30.8 Å². The maximum atomic E-state index is 5.21. The van der Waals surface area contributed by atoms with Crippen molar-refractivity contribution in [1.82, 2.24) is 4.90 Å². The van der Waals surface area contributed by atoms with E-state index in [4.69, 9.17) is 4.74 Å². The highest BCUT2D eigenvalue weighted by molar-refractivity contribution is 6.77. The number of rotatable bonds is 5. The highest BCUT2D eigenvalue weighted by atomic mass is 35.5. The third-order valence-corrected chi connectivity index (χ3v) is 6.36. The lowest BCUT2D eigenvalue weighted by Gasteiger charge is -2.28. The molecule has 2 rings (SSSR count). The van der Waals surface area contributed by atoms with Crippen molar-refractivity contribution < 1.29 is 4.74 Å². The fourth-order valence-electron chi connectivity index (χ4n) is 2.90. The molecule has 4 heteroatoms. The molecule has 0 amide bonds. The molecule has 1 saturated heterocycles. The molecule has 1 aliphatic rings. The lowest BCUT2D eigenvalue weighted by atomic mass is 10.2. The zero-order valence-electron chi connectivity index (χ0n) is 12.3. The summed E-state index contributed by atoms with van der Waals surface area (Å²) in [5.41, 5.74) is 1.46. The minimum Gasteiger partial charge on any atom is -0.497 e. The predicted octanol–water partition coefficient (Wildman–Crippen LogP) is 3.54. The number of hydrogen-bond acceptors (Lipinski definition) is 2. The molecule has 0 unspecified atom stereocenters. The van der Waals surface area contributed by atoms with Gasteiger partial charge in [-0.15, -0.1) is 12.4 Å². The molecule has 2 nitrogen and oxygen atoms in total. The molecule has 1 aliphatic heterocycles. The van der Waals surface area contributed by atoms with Gasteiger partial charge in [0.25, 0.3) is 0 Å². The number of ether oxygens (including phenoxy) is 1. The summed E-state index contributed by atoms with van der Waals surface area (Å²) in [6, 6.07) is 9.87. The fraction of sp³-hybridized carbons (Fsp3) is 0.600. The topological polar surface area (TPSA) is 12.5 Å². The van der Waals surface area contributed by atoms with Crippen LogP contribution in [0.4, 0.5) is 0 Å². The first-order valence-electron chi connectivity index (χ1n) is 6.94. The van der Waals surface area contributed by atoms with Crippen molar-refractivity contribution in [2.45, 2.75) is 32.0 Å². The van der Waals surface area contributed by atoms with Crippen LogP contribution in [0.3, 0.4) is 0 Å². The molecule has 0 aromatic heterocycles. The van der Waals surface area contributed by atoms with Gasteiger partial charge in [-0.05, 0) is 50.3 Å². The minimum absolute atomic E-state index is 0. The van der Waals surface area contributed by atoms with Gasteiger partial charge in [0.15, 0.2) is 0 Å². The smallest absolute Gasteiger partial charge is 0.118 e. The van der Waals surface area contributed by atoms with E-state index in [9.17, 15) is 0 Å². The van der Waals surface area contributed by atoms with Gasteiger partial charge in [0.2, 0.25) is 0 Å². The Morgan fingerprint density at radius 3 is 2.21 bits per heavy atom. The van der Waals surface area contributed by atoms with Crippen LogP contribution in [0.5, 0.6) is 5.75 Å². The first-order chi connectivity index (χ1) is 8.59. The largest absolute Gasteiger partial charge is 0.497 e. The Hall–Kier alpha value is -0.513. The predicted molar refractivity (Wildman–Crippen MR) is 87.1 cm³/mol. The Kier molecular flexibility index (Phi) is 6.37. The van der Waals surface area contributed by atoms with E-state index in [1.807, 2.05) is 0 Å². The second kappa shape index (κ2) is 7.32. The third kappa shape index (κ3) is 5.17. The molecular weight excluding hydrogens is 274 g/mol. The Bertz CT molecular complexity index is 374. The van der Waals surface area contributed by atoms with Crippen LogP contribution in [0, 0.1) is 0 Å². The molecule has 1 heterocycles. The Balaban J connectivity index is 0.00000180. The van der Waals surface area contributed by atoms with Crippen LogP contribution in [0.15, 0.2) is 24.3 Å². The van der Waals surface area contributed by atoms with E-state index in [0.717, 1.165) is 5.75 Å². The SMILES string of the molecule is COc1ccc(C[Si](C)(C)CN2CCCC2)cc1.Cl. The summed E-state index contributed by atoms with van der Waals surface area (Å²) in [6.07, 6.45) is 4.14. The summed E-state index contributed by atoms with van der Waals surface area (Å²) in [5, 5.41) is 0. The first kappa shape index (κ1) is 16.5. The monoisotopic (exact) mass is 299 g/mol. The van der Waals surface area contributed by atoms with Crippen LogP contribution >= 0.6 is 12.4 Å². The first-order valence-corrected chi connectivity index (χ1v) is 10.4. The number of halogens is 1. The Morgan fingerprint density at radius 1 is 1.11 bits per heavy atom. The van der Waals surface area contributed by atoms with E-state index in [1.165, 1.54) is 43.7 Å². The fourth-order valence-corrected chi connectivity index (χ4v) is 5.88. The van der Waals surface area contributed by atoms with Crippen molar-refractivity contribution in [3.05, 3.63) is 29.8 Å². The van der Waals surface area contributed by atoms with Gasteiger partial charge < -0.3 is 9.64 Å².